The molecule has 4 nitrogen and oxygen atoms in total. The molecule has 2 amide bonds. The predicted octanol–water partition coefficient (Wildman–Crippen LogP) is 2.98. The number of hydrogen-bond acceptors (Lipinski definition) is 2. The van der Waals surface area contributed by atoms with Crippen LogP contribution in [-0.4, -0.2) is 24.0 Å². The Morgan fingerprint density at radius 3 is 2.47 bits per heavy atom. The average molecular weight is 261 g/mol. The fourth-order valence-corrected chi connectivity index (χ4v) is 2.05. The number of anilines is 1. The molecule has 1 fully saturated rings. The van der Waals surface area contributed by atoms with Crippen molar-refractivity contribution in [1.29, 1.82) is 5.26 Å². The van der Waals surface area contributed by atoms with Gasteiger partial charge in [0.2, 0.25) is 0 Å². The highest BCUT2D eigenvalue weighted by atomic mass is 19.1. The summed E-state index contributed by atoms with van der Waals surface area (Å²) in [6.07, 6.45) is 1.36. The van der Waals surface area contributed by atoms with Crippen LogP contribution in [0.25, 0.3) is 0 Å². The molecule has 0 bridgehead atoms. The number of nitriles is 1. The molecule has 5 heteroatoms. The van der Waals surface area contributed by atoms with Gasteiger partial charge in [0.15, 0.2) is 0 Å². The summed E-state index contributed by atoms with van der Waals surface area (Å²) in [5.41, 5.74) is 0.243. The van der Waals surface area contributed by atoms with E-state index in [0.29, 0.717) is 31.6 Å². The van der Waals surface area contributed by atoms with Gasteiger partial charge in [-0.1, -0.05) is 0 Å². The molecule has 1 aliphatic rings. The van der Waals surface area contributed by atoms with Crippen molar-refractivity contribution in [3.05, 3.63) is 30.1 Å². The predicted molar refractivity (Wildman–Crippen MR) is 69.9 cm³/mol. The molecule has 0 radical (unpaired) electrons. The maximum Gasteiger partial charge on any atom is 0.321 e. The van der Waals surface area contributed by atoms with E-state index in [1.807, 2.05) is 6.92 Å². The Kier molecular flexibility index (Phi) is 3.70. The molecule has 0 unspecified atom stereocenters. The fraction of sp³-hybridized carbons (Fsp3) is 0.429. The first-order valence-corrected chi connectivity index (χ1v) is 6.25. The molecule has 0 spiro atoms. The number of rotatable bonds is 1. The first kappa shape index (κ1) is 13.3. The van der Waals surface area contributed by atoms with Crippen LogP contribution in [-0.2, 0) is 0 Å². The van der Waals surface area contributed by atoms with Crippen molar-refractivity contribution < 1.29 is 9.18 Å². The van der Waals surface area contributed by atoms with E-state index >= 15 is 0 Å². The first-order valence-electron chi connectivity index (χ1n) is 6.25. The van der Waals surface area contributed by atoms with E-state index in [-0.39, 0.29) is 17.3 Å². The van der Waals surface area contributed by atoms with Crippen LogP contribution in [0.5, 0.6) is 0 Å². The monoisotopic (exact) mass is 261 g/mol. The van der Waals surface area contributed by atoms with Gasteiger partial charge in [0, 0.05) is 18.8 Å². The lowest BCUT2D eigenvalue weighted by atomic mass is 9.82. The van der Waals surface area contributed by atoms with E-state index < -0.39 is 0 Å². The van der Waals surface area contributed by atoms with Gasteiger partial charge in [-0.05, 0) is 44.0 Å². The van der Waals surface area contributed by atoms with Crippen molar-refractivity contribution in [2.24, 2.45) is 5.41 Å². The Bertz CT molecular complexity index is 498. The second-order valence-electron chi connectivity index (χ2n) is 5.10. The maximum atomic E-state index is 12.7. The van der Waals surface area contributed by atoms with Crippen LogP contribution in [0, 0.1) is 22.6 Å². The van der Waals surface area contributed by atoms with Gasteiger partial charge in [-0.3, -0.25) is 0 Å². The van der Waals surface area contributed by atoms with Crippen molar-refractivity contribution in [3.63, 3.8) is 0 Å². The Labute approximate surface area is 111 Å². The molecule has 0 aliphatic carbocycles. The zero-order valence-corrected chi connectivity index (χ0v) is 10.8. The molecular weight excluding hydrogens is 245 g/mol. The number of halogens is 1. The van der Waals surface area contributed by atoms with Gasteiger partial charge in [-0.2, -0.15) is 5.26 Å². The summed E-state index contributed by atoms with van der Waals surface area (Å²) in [6.45, 7) is 3.05. The van der Waals surface area contributed by atoms with E-state index in [1.54, 1.807) is 4.90 Å². The largest absolute Gasteiger partial charge is 0.324 e. The highest BCUT2D eigenvalue weighted by molar-refractivity contribution is 5.89. The quantitative estimate of drug-likeness (QED) is 0.844. The molecular formula is C14H16FN3O. The van der Waals surface area contributed by atoms with E-state index in [2.05, 4.69) is 11.4 Å². The van der Waals surface area contributed by atoms with E-state index in [9.17, 15) is 9.18 Å². The number of benzene rings is 1. The van der Waals surface area contributed by atoms with Crippen LogP contribution in [0.15, 0.2) is 24.3 Å². The Morgan fingerprint density at radius 1 is 1.37 bits per heavy atom. The van der Waals surface area contributed by atoms with Crippen LogP contribution < -0.4 is 5.32 Å². The van der Waals surface area contributed by atoms with Gasteiger partial charge in [0.25, 0.3) is 0 Å². The molecule has 0 atom stereocenters. The van der Waals surface area contributed by atoms with Gasteiger partial charge in [0.05, 0.1) is 11.5 Å². The lowest BCUT2D eigenvalue weighted by molar-refractivity contribution is 0.166. The number of likely N-dealkylation sites (tertiary alicyclic amines) is 1. The lowest BCUT2D eigenvalue weighted by Crippen LogP contribution is -2.43. The van der Waals surface area contributed by atoms with Gasteiger partial charge in [0.1, 0.15) is 5.82 Å². The van der Waals surface area contributed by atoms with E-state index in [4.69, 9.17) is 5.26 Å². The summed E-state index contributed by atoms with van der Waals surface area (Å²) in [6, 6.07) is 7.75. The molecule has 1 aromatic carbocycles. The van der Waals surface area contributed by atoms with Crippen molar-refractivity contribution in [2.75, 3.05) is 18.4 Å². The van der Waals surface area contributed by atoms with Crippen molar-refractivity contribution >= 4 is 11.7 Å². The smallest absolute Gasteiger partial charge is 0.321 e. The third kappa shape index (κ3) is 3.22. The standard InChI is InChI=1S/C14H16FN3O/c1-14(10-16)6-8-18(9-7-14)13(19)17-12-4-2-11(15)3-5-12/h2-5H,6-9H2,1H3,(H,17,19). The number of piperidine rings is 1. The third-order valence-electron chi connectivity index (χ3n) is 3.52. The summed E-state index contributed by atoms with van der Waals surface area (Å²) in [7, 11) is 0. The molecule has 1 heterocycles. The van der Waals surface area contributed by atoms with E-state index in [0.717, 1.165) is 0 Å². The number of nitrogens with one attached hydrogen (secondary N) is 1. The van der Waals surface area contributed by atoms with Gasteiger partial charge < -0.3 is 10.2 Å². The van der Waals surface area contributed by atoms with Crippen molar-refractivity contribution in [1.82, 2.24) is 4.90 Å². The zero-order valence-electron chi connectivity index (χ0n) is 10.8. The summed E-state index contributed by atoms with van der Waals surface area (Å²) >= 11 is 0. The Morgan fingerprint density at radius 2 is 1.95 bits per heavy atom. The summed E-state index contributed by atoms with van der Waals surface area (Å²) in [5.74, 6) is -0.333. The van der Waals surface area contributed by atoms with Crippen molar-refractivity contribution in [2.45, 2.75) is 19.8 Å². The SMILES string of the molecule is CC1(C#N)CCN(C(=O)Nc2ccc(F)cc2)CC1. The van der Waals surface area contributed by atoms with E-state index in [1.165, 1.54) is 24.3 Å². The number of amides is 2. The molecule has 1 N–H and O–H groups in total. The summed E-state index contributed by atoms with van der Waals surface area (Å²) in [5, 5.41) is 11.8. The van der Waals surface area contributed by atoms with Crippen LogP contribution in [0.1, 0.15) is 19.8 Å². The zero-order chi connectivity index (χ0) is 13.9. The van der Waals surface area contributed by atoms with Crippen LogP contribution in [0.3, 0.4) is 0 Å². The third-order valence-corrected chi connectivity index (χ3v) is 3.52. The number of urea groups is 1. The lowest BCUT2D eigenvalue weighted by Gasteiger charge is -2.34. The normalized spacial score (nSPS) is 17.6. The number of carbonyl (C=O) groups excluding carboxylic acids is 1. The minimum absolute atomic E-state index is 0.202. The molecule has 1 saturated heterocycles. The molecule has 19 heavy (non-hydrogen) atoms. The molecule has 1 aliphatic heterocycles. The van der Waals surface area contributed by atoms with Gasteiger partial charge in [-0.15, -0.1) is 0 Å². The van der Waals surface area contributed by atoms with Crippen LogP contribution in [0.4, 0.5) is 14.9 Å². The topological polar surface area (TPSA) is 56.1 Å². The second-order valence-corrected chi connectivity index (χ2v) is 5.10. The molecule has 100 valence electrons. The maximum absolute atomic E-state index is 12.7. The Balaban J connectivity index is 1.92. The van der Waals surface area contributed by atoms with Crippen LogP contribution in [0.2, 0.25) is 0 Å². The highest BCUT2D eigenvalue weighted by Crippen LogP contribution is 2.29. The molecule has 1 aromatic rings. The number of carbonyl (C=O) groups is 1. The molecule has 0 aromatic heterocycles. The summed E-state index contributed by atoms with van der Waals surface area (Å²) in [4.78, 5) is 13.7. The minimum atomic E-state index is -0.333. The van der Waals surface area contributed by atoms with Crippen LogP contribution >= 0.6 is 0 Å². The summed E-state index contributed by atoms with van der Waals surface area (Å²) < 4.78 is 12.7. The van der Waals surface area contributed by atoms with Gasteiger partial charge >= 0.3 is 6.03 Å². The minimum Gasteiger partial charge on any atom is -0.324 e. The second kappa shape index (κ2) is 5.27. The molecule has 2 rings (SSSR count). The molecule has 0 saturated carbocycles. The van der Waals surface area contributed by atoms with Crippen molar-refractivity contribution in [3.8, 4) is 6.07 Å². The number of hydrogen-bond donors (Lipinski definition) is 1. The average Bonchev–Trinajstić information content (AvgIpc) is 2.42. The van der Waals surface area contributed by atoms with Gasteiger partial charge in [-0.25, -0.2) is 9.18 Å². The highest BCUT2D eigenvalue weighted by Gasteiger charge is 2.31. The Hall–Kier alpha value is -2.09. The fourth-order valence-electron chi connectivity index (χ4n) is 2.05. The first-order chi connectivity index (χ1) is 9.02. The number of nitrogens with zero attached hydrogens (tertiary/aromatic N) is 2.